The topological polar surface area (TPSA) is 100 Å². The molecule has 2 aliphatic heterocycles. The highest BCUT2D eigenvalue weighted by atomic mass is 32.2. The average molecular weight is 550 g/mol. The van der Waals surface area contributed by atoms with E-state index in [1.165, 1.54) is 0 Å². The predicted octanol–water partition coefficient (Wildman–Crippen LogP) is 5.95. The van der Waals surface area contributed by atoms with E-state index in [-0.39, 0.29) is 12.5 Å². The number of allylic oxidation sites excluding steroid dienone is 1. The van der Waals surface area contributed by atoms with E-state index in [0.717, 1.165) is 39.2 Å². The molecule has 0 aliphatic carbocycles. The lowest BCUT2D eigenvalue weighted by molar-refractivity contribution is 0.282. The first-order valence-corrected chi connectivity index (χ1v) is 14.1. The zero-order chi connectivity index (χ0) is 27.6. The van der Waals surface area contributed by atoms with Crippen molar-refractivity contribution in [3.8, 4) is 11.3 Å². The Balaban J connectivity index is 1.47. The second-order valence-corrected chi connectivity index (χ2v) is 10.9. The molecule has 6 rings (SSSR count). The first-order chi connectivity index (χ1) is 19.6. The van der Waals surface area contributed by atoms with Gasteiger partial charge in [-0.3, -0.25) is 14.0 Å². The Labute approximate surface area is 234 Å². The number of aliphatic hydroxyl groups excluding tert-OH is 1. The number of aromatic nitrogens is 2. The Morgan fingerprint density at radius 1 is 1.00 bits per heavy atom. The van der Waals surface area contributed by atoms with Crippen molar-refractivity contribution < 1.29 is 9.32 Å². The summed E-state index contributed by atoms with van der Waals surface area (Å²) >= 11 is 0. The van der Waals surface area contributed by atoms with Crippen molar-refractivity contribution in [1.29, 1.82) is 0 Å². The normalized spacial score (nSPS) is 18.7. The molecule has 1 N–H and O–H groups in total. The van der Waals surface area contributed by atoms with Crippen LogP contribution in [0, 0.1) is 10.8 Å². The fraction of sp³-hybridized carbons (Fsp3) is 0.161. The maximum atomic E-state index is 14.1. The highest BCUT2D eigenvalue weighted by Gasteiger charge is 2.42. The minimum atomic E-state index is -1.53. The molecule has 3 heterocycles. The van der Waals surface area contributed by atoms with Crippen LogP contribution in [0.5, 0.6) is 0 Å². The van der Waals surface area contributed by atoms with Crippen molar-refractivity contribution in [2.75, 3.05) is 0 Å². The fourth-order valence-electron chi connectivity index (χ4n) is 5.19. The third-order valence-electron chi connectivity index (χ3n) is 7.16. The lowest BCUT2D eigenvalue weighted by atomic mass is 9.88. The molecule has 4 aromatic rings. The molecular formula is C31H27N5O3S. The van der Waals surface area contributed by atoms with Gasteiger partial charge in [-0.25, -0.2) is 4.21 Å². The van der Waals surface area contributed by atoms with Crippen LogP contribution in [-0.2, 0) is 24.1 Å². The van der Waals surface area contributed by atoms with Crippen molar-refractivity contribution in [3.05, 3.63) is 119 Å². The number of dihydropyridines is 1. The van der Waals surface area contributed by atoms with Crippen molar-refractivity contribution >= 4 is 34.2 Å². The van der Waals surface area contributed by atoms with E-state index in [1.54, 1.807) is 18.3 Å². The van der Waals surface area contributed by atoms with Crippen LogP contribution in [0.1, 0.15) is 23.6 Å². The molecule has 0 bridgehead atoms. The Kier molecular flexibility index (Phi) is 7.06. The molecule has 8 nitrogen and oxygen atoms in total. The summed E-state index contributed by atoms with van der Waals surface area (Å²) in [4.78, 5) is 16.5. The first-order valence-electron chi connectivity index (χ1n) is 13.0. The fourth-order valence-corrected chi connectivity index (χ4v) is 6.54. The molecule has 2 aliphatic rings. The molecule has 0 radical (unpaired) electrons. The molecule has 9 heteroatoms. The molecule has 3 aromatic carbocycles. The van der Waals surface area contributed by atoms with Gasteiger partial charge in [0.05, 0.1) is 22.9 Å². The second-order valence-electron chi connectivity index (χ2n) is 9.54. The van der Waals surface area contributed by atoms with E-state index in [0.29, 0.717) is 17.1 Å². The van der Waals surface area contributed by atoms with Crippen LogP contribution in [-0.4, -0.2) is 35.8 Å². The van der Waals surface area contributed by atoms with E-state index >= 15 is 0 Å². The van der Waals surface area contributed by atoms with Crippen molar-refractivity contribution in [2.24, 2.45) is 16.1 Å². The highest BCUT2D eigenvalue weighted by Crippen LogP contribution is 2.46. The molecule has 200 valence electrons. The number of hydrogen-bond donors (Lipinski definition) is 1. The van der Waals surface area contributed by atoms with Crippen LogP contribution in [0.4, 0.5) is 5.69 Å². The van der Waals surface area contributed by atoms with E-state index in [2.05, 4.69) is 11.3 Å². The molecule has 0 spiro atoms. The van der Waals surface area contributed by atoms with Crippen LogP contribution in [0.25, 0.3) is 22.5 Å². The largest absolute Gasteiger partial charge is 0.392 e. The molecular weight excluding hydrogens is 522 g/mol. The van der Waals surface area contributed by atoms with Gasteiger partial charge in [0.2, 0.25) is 0 Å². The molecule has 0 fully saturated rings. The number of hydrogen-bond acceptors (Lipinski definition) is 6. The van der Waals surface area contributed by atoms with Crippen LogP contribution in [0.3, 0.4) is 0 Å². The highest BCUT2D eigenvalue weighted by molar-refractivity contribution is 7.83. The number of nitroso groups, excluding NO2 is 1. The number of aliphatic imine (C=N–C) groups is 1. The van der Waals surface area contributed by atoms with Crippen LogP contribution >= 0.6 is 0 Å². The monoisotopic (exact) mass is 549 g/mol. The zero-order valence-corrected chi connectivity index (χ0v) is 22.6. The lowest BCUT2D eigenvalue weighted by Crippen LogP contribution is -2.35. The minimum absolute atomic E-state index is 0.0863. The summed E-state index contributed by atoms with van der Waals surface area (Å²) in [5, 5.41) is 17.7. The number of aryl methyl sites for hydroxylation is 1. The molecule has 3 atom stereocenters. The molecule has 0 amide bonds. The smallest absolute Gasteiger partial charge is 0.154 e. The molecule has 0 saturated heterocycles. The number of rotatable bonds is 8. The van der Waals surface area contributed by atoms with Gasteiger partial charge in [-0.2, -0.15) is 5.10 Å². The zero-order valence-electron chi connectivity index (χ0n) is 21.8. The van der Waals surface area contributed by atoms with Gasteiger partial charge in [-0.15, -0.1) is 4.91 Å². The standard InChI is InChI=1S/C31H27N5O3S/c1-2-35-19-28(30(33-35)22-11-13-24(34-38)14-12-22)26-15-16-32-31-27(26)18-29(23-8-6-7-21(17-23)20-37)36(31)40(39)25-9-4-3-5-10-25/h3-19,27,31,37H,2,20H2,1H3. The van der Waals surface area contributed by atoms with Crippen molar-refractivity contribution in [1.82, 2.24) is 14.1 Å². The Morgan fingerprint density at radius 3 is 2.52 bits per heavy atom. The van der Waals surface area contributed by atoms with Gasteiger partial charge in [-0.05, 0) is 71.3 Å². The summed E-state index contributed by atoms with van der Waals surface area (Å²) in [6.07, 6.45) is 7.49. The SMILES string of the molecule is CCn1cc(C2=CC=NC3C2C=C(c2cccc(CO)c2)N3S(=O)c2ccccc2)c(-c2ccc(N=O)cc2)n1. The number of aliphatic hydroxyl groups is 1. The lowest BCUT2D eigenvalue weighted by Gasteiger charge is -2.31. The van der Waals surface area contributed by atoms with E-state index in [1.807, 2.05) is 94.9 Å². The summed E-state index contributed by atoms with van der Waals surface area (Å²) in [5.41, 5.74) is 6.41. The third-order valence-corrected chi connectivity index (χ3v) is 8.61. The number of fused-ring (bicyclic) bond motifs is 1. The van der Waals surface area contributed by atoms with Gasteiger partial charge in [-0.1, -0.05) is 48.5 Å². The number of nitrogens with zero attached hydrogens (tertiary/aromatic N) is 5. The van der Waals surface area contributed by atoms with Gasteiger partial charge >= 0.3 is 0 Å². The first kappa shape index (κ1) is 25.8. The van der Waals surface area contributed by atoms with Crippen LogP contribution < -0.4 is 0 Å². The van der Waals surface area contributed by atoms with Gasteiger partial charge in [0.1, 0.15) is 11.9 Å². The average Bonchev–Trinajstić information content (AvgIpc) is 3.63. The van der Waals surface area contributed by atoms with Crippen LogP contribution in [0.15, 0.2) is 112 Å². The van der Waals surface area contributed by atoms with E-state index < -0.39 is 17.2 Å². The van der Waals surface area contributed by atoms with Gasteiger partial charge in [0.25, 0.3) is 0 Å². The van der Waals surface area contributed by atoms with Crippen molar-refractivity contribution in [3.63, 3.8) is 0 Å². The van der Waals surface area contributed by atoms with E-state index in [9.17, 15) is 14.2 Å². The number of benzene rings is 3. The maximum absolute atomic E-state index is 14.1. The third kappa shape index (κ3) is 4.63. The molecule has 1 aromatic heterocycles. The summed E-state index contributed by atoms with van der Waals surface area (Å²) in [6, 6.07) is 24.1. The summed E-state index contributed by atoms with van der Waals surface area (Å²) in [6.45, 7) is 2.64. The Hall–Kier alpha value is -4.47. The quantitative estimate of drug-likeness (QED) is 0.275. The van der Waals surface area contributed by atoms with Crippen molar-refractivity contribution in [2.45, 2.75) is 31.1 Å². The summed E-state index contributed by atoms with van der Waals surface area (Å²) in [5.74, 6) is -0.199. The molecule has 40 heavy (non-hydrogen) atoms. The van der Waals surface area contributed by atoms with Gasteiger partial charge in [0, 0.05) is 36.0 Å². The molecule has 3 unspecified atom stereocenters. The predicted molar refractivity (Wildman–Crippen MR) is 158 cm³/mol. The van der Waals surface area contributed by atoms with Gasteiger partial charge in [0.15, 0.2) is 11.0 Å². The molecule has 0 saturated carbocycles. The Bertz CT molecular complexity index is 1670. The van der Waals surface area contributed by atoms with Gasteiger partial charge < -0.3 is 5.11 Å². The summed E-state index contributed by atoms with van der Waals surface area (Å²) in [7, 11) is -1.53. The Morgan fingerprint density at radius 2 is 1.80 bits per heavy atom. The van der Waals surface area contributed by atoms with E-state index in [4.69, 9.17) is 10.1 Å². The van der Waals surface area contributed by atoms with Crippen LogP contribution in [0.2, 0.25) is 0 Å². The minimum Gasteiger partial charge on any atom is -0.392 e. The second kappa shape index (κ2) is 11.0. The summed E-state index contributed by atoms with van der Waals surface area (Å²) < 4.78 is 17.8. The maximum Gasteiger partial charge on any atom is 0.154 e.